The maximum Gasteiger partial charge on any atom is 0.251 e. The molecule has 0 heterocycles. The zero-order valence-electron chi connectivity index (χ0n) is 12.4. The first-order chi connectivity index (χ1) is 9.21. The fourth-order valence-corrected chi connectivity index (χ4v) is 1.97. The van der Waals surface area contributed by atoms with Crippen molar-refractivity contribution >= 4 is 18.3 Å². The number of hydrogen-bond donors (Lipinski definition) is 2. The van der Waals surface area contributed by atoms with Crippen LogP contribution in [0.1, 0.15) is 36.2 Å². The first-order valence-electron chi connectivity index (χ1n) is 7.00. The van der Waals surface area contributed by atoms with Crippen LogP contribution in [-0.4, -0.2) is 37.0 Å². The predicted molar refractivity (Wildman–Crippen MR) is 86.3 cm³/mol. The first kappa shape index (κ1) is 18.9. The van der Waals surface area contributed by atoms with Gasteiger partial charge in [0.1, 0.15) is 0 Å². The average molecular weight is 300 g/mol. The zero-order valence-corrected chi connectivity index (χ0v) is 13.2. The summed E-state index contributed by atoms with van der Waals surface area (Å²) in [5, 5.41) is 2.95. The summed E-state index contributed by atoms with van der Waals surface area (Å²) in [7, 11) is 0. The summed E-state index contributed by atoms with van der Waals surface area (Å²) in [5.41, 5.74) is 7.26. The molecule has 0 saturated carbocycles. The molecule has 0 aromatic heterocycles. The number of nitrogens with two attached hydrogens (primary N) is 1. The molecule has 0 unspecified atom stereocenters. The van der Waals surface area contributed by atoms with Gasteiger partial charge in [0.05, 0.1) is 0 Å². The number of benzene rings is 1. The van der Waals surface area contributed by atoms with Crippen molar-refractivity contribution in [3.8, 4) is 0 Å². The van der Waals surface area contributed by atoms with Gasteiger partial charge in [-0.2, -0.15) is 0 Å². The van der Waals surface area contributed by atoms with Gasteiger partial charge in [0.2, 0.25) is 0 Å². The minimum atomic E-state index is -0.0175. The number of halogens is 1. The van der Waals surface area contributed by atoms with Crippen LogP contribution in [0.15, 0.2) is 24.3 Å². The van der Waals surface area contributed by atoms with Gasteiger partial charge >= 0.3 is 0 Å². The van der Waals surface area contributed by atoms with Gasteiger partial charge < -0.3 is 16.0 Å². The molecule has 0 fully saturated rings. The van der Waals surface area contributed by atoms with Crippen molar-refractivity contribution in [3.05, 3.63) is 35.4 Å². The number of nitrogens with zero attached hydrogens (tertiary/aromatic N) is 1. The van der Waals surface area contributed by atoms with E-state index in [1.54, 1.807) is 0 Å². The summed E-state index contributed by atoms with van der Waals surface area (Å²) in [6.45, 7) is 8.50. The summed E-state index contributed by atoms with van der Waals surface area (Å²) in [6, 6.07) is 7.43. The lowest BCUT2D eigenvalue weighted by Gasteiger charge is -2.19. The predicted octanol–water partition coefficient (Wildman–Crippen LogP) is 2.03. The van der Waals surface area contributed by atoms with Gasteiger partial charge in [-0.05, 0) is 37.2 Å². The summed E-state index contributed by atoms with van der Waals surface area (Å²) in [6.07, 6.45) is 1.14. The number of amides is 1. The van der Waals surface area contributed by atoms with Crippen molar-refractivity contribution < 1.29 is 4.79 Å². The molecule has 3 N–H and O–H groups in total. The highest BCUT2D eigenvalue weighted by molar-refractivity contribution is 5.94. The Balaban J connectivity index is 0.00000361. The van der Waals surface area contributed by atoms with E-state index in [1.165, 1.54) is 0 Å². The van der Waals surface area contributed by atoms with Crippen molar-refractivity contribution in [3.63, 3.8) is 0 Å². The molecule has 0 spiro atoms. The molecular formula is C15H26ClN3O. The molecular weight excluding hydrogens is 274 g/mol. The molecule has 1 rings (SSSR count). The number of nitrogens with one attached hydrogen (secondary N) is 1. The summed E-state index contributed by atoms with van der Waals surface area (Å²) in [5.74, 6) is -0.0175. The molecule has 0 aliphatic heterocycles. The lowest BCUT2D eigenvalue weighted by molar-refractivity contribution is 0.0948. The van der Waals surface area contributed by atoms with Crippen LogP contribution in [0.4, 0.5) is 0 Å². The van der Waals surface area contributed by atoms with E-state index in [0.29, 0.717) is 18.7 Å². The molecule has 1 aromatic rings. The highest BCUT2D eigenvalue weighted by atomic mass is 35.5. The minimum Gasteiger partial charge on any atom is -0.351 e. The number of rotatable bonds is 8. The van der Waals surface area contributed by atoms with Gasteiger partial charge in [-0.15, -0.1) is 12.4 Å². The van der Waals surface area contributed by atoms with Crippen molar-refractivity contribution in [2.45, 2.75) is 26.8 Å². The first-order valence-corrected chi connectivity index (χ1v) is 7.00. The third-order valence-corrected chi connectivity index (χ3v) is 3.15. The topological polar surface area (TPSA) is 58.4 Å². The fourth-order valence-electron chi connectivity index (χ4n) is 1.97. The standard InChI is InChI=1S/C15H25N3O.ClH/c1-3-10-18(4-2)11-9-17-15(19)14-7-5-13(12-16)6-8-14;/h5-8H,3-4,9-12,16H2,1-2H3,(H,17,19);1H. The number of carbonyl (C=O) groups is 1. The van der Waals surface area contributed by atoms with Crippen LogP contribution >= 0.6 is 12.4 Å². The van der Waals surface area contributed by atoms with Gasteiger partial charge in [-0.3, -0.25) is 4.79 Å². The van der Waals surface area contributed by atoms with Crippen molar-refractivity contribution in [2.24, 2.45) is 5.73 Å². The Kier molecular flexibility index (Phi) is 10.1. The second kappa shape index (κ2) is 10.7. The zero-order chi connectivity index (χ0) is 14.1. The number of carbonyl (C=O) groups excluding carboxylic acids is 1. The molecule has 4 nitrogen and oxygen atoms in total. The summed E-state index contributed by atoms with van der Waals surface area (Å²) < 4.78 is 0. The van der Waals surface area contributed by atoms with E-state index in [1.807, 2.05) is 24.3 Å². The summed E-state index contributed by atoms with van der Waals surface area (Å²) in [4.78, 5) is 14.2. The monoisotopic (exact) mass is 299 g/mol. The molecule has 5 heteroatoms. The molecule has 20 heavy (non-hydrogen) atoms. The second-order valence-corrected chi connectivity index (χ2v) is 4.59. The largest absolute Gasteiger partial charge is 0.351 e. The Morgan fingerprint density at radius 3 is 2.35 bits per heavy atom. The maximum absolute atomic E-state index is 11.9. The van der Waals surface area contributed by atoms with E-state index < -0.39 is 0 Å². The fraction of sp³-hybridized carbons (Fsp3) is 0.533. The molecule has 0 aliphatic carbocycles. The van der Waals surface area contributed by atoms with Gasteiger partial charge in [-0.25, -0.2) is 0 Å². The Morgan fingerprint density at radius 2 is 1.85 bits per heavy atom. The average Bonchev–Trinajstić information content (AvgIpc) is 2.46. The Bertz CT molecular complexity index is 381. The van der Waals surface area contributed by atoms with Crippen LogP contribution in [0, 0.1) is 0 Å². The lowest BCUT2D eigenvalue weighted by Crippen LogP contribution is -2.35. The smallest absolute Gasteiger partial charge is 0.251 e. The van der Waals surface area contributed by atoms with Crippen LogP contribution in [-0.2, 0) is 6.54 Å². The van der Waals surface area contributed by atoms with E-state index in [-0.39, 0.29) is 18.3 Å². The highest BCUT2D eigenvalue weighted by Gasteiger charge is 2.06. The molecule has 114 valence electrons. The third kappa shape index (κ3) is 6.37. The lowest BCUT2D eigenvalue weighted by atomic mass is 10.1. The van der Waals surface area contributed by atoms with Crippen molar-refractivity contribution in [1.82, 2.24) is 10.2 Å². The van der Waals surface area contributed by atoms with Gasteiger partial charge in [0.25, 0.3) is 5.91 Å². The molecule has 0 radical (unpaired) electrons. The van der Waals surface area contributed by atoms with E-state index >= 15 is 0 Å². The highest BCUT2D eigenvalue weighted by Crippen LogP contribution is 2.03. The van der Waals surface area contributed by atoms with E-state index in [2.05, 4.69) is 24.1 Å². The molecule has 1 aromatic carbocycles. The Morgan fingerprint density at radius 1 is 1.20 bits per heavy atom. The SMILES string of the molecule is CCCN(CC)CCNC(=O)c1ccc(CN)cc1.Cl. The van der Waals surface area contributed by atoms with Crippen LogP contribution in [0.3, 0.4) is 0 Å². The van der Waals surface area contributed by atoms with Crippen LogP contribution in [0.25, 0.3) is 0 Å². The molecule has 0 atom stereocenters. The molecule has 0 aliphatic rings. The number of hydrogen-bond acceptors (Lipinski definition) is 3. The van der Waals surface area contributed by atoms with Gasteiger partial charge in [0, 0.05) is 25.2 Å². The second-order valence-electron chi connectivity index (χ2n) is 4.59. The Hall–Kier alpha value is -1.10. The van der Waals surface area contributed by atoms with E-state index in [9.17, 15) is 4.79 Å². The third-order valence-electron chi connectivity index (χ3n) is 3.15. The summed E-state index contributed by atoms with van der Waals surface area (Å²) >= 11 is 0. The van der Waals surface area contributed by atoms with Gasteiger partial charge in [0.15, 0.2) is 0 Å². The normalized spacial score (nSPS) is 10.2. The molecule has 1 amide bonds. The van der Waals surface area contributed by atoms with E-state index in [4.69, 9.17) is 5.73 Å². The minimum absolute atomic E-state index is 0. The van der Waals surface area contributed by atoms with Crippen LogP contribution in [0.5, 0.6) is 0 Å². The maximum atomic E-state index is 11.9. The quantitative estimate of drug-likeness (QED) is 0.772. The van der Waals surface area contributed by atoms with Crippen molar-refractivity contribution in [1.29, 1.82) is 0 Å². The molecule has 0 bridgehead atoms. The molecule has 0 saturated heterocycles. The van der Waals surface area contributed by atoms with E-state index in [0.717, 1.165) is 31.6 Å². The Labute approximate surface area is 128 Å². The van der Waals surface area contributed by atoms with Crippen molar-refractivity contribution in [2.75, 3.05) is 26.2 Å². The van der Waals surface area contributed by atoms with Gasteiger partial charge in [-0.1, -0.05) is 26.0 Å². The van der Waals surface area contributed by atoms with Crippen LogP contribution < -0.4 is 11.1 Å². The van der Waals surface area contributed by atoms with Crippen LogP contribution in [0.2, 0.25) is 0 Å². The number of likely N-dealkylation sites (N-methyl/N-ethyl adjacent to an activating group) is 1.